The maximum atomic E-state index is 13.3. The fraction of sp³-hybridized carbons (Fsp3) is 0.261. The van der Waals surface area contributed by atoms with Gasteiger partial charge in [0.1, 0.15) is 5.82 Å². The van der Waals surface area contributed by atoms with Gasteiger partial charge in [0.15, 0.2) is 0 Å². The van der Waals surface area contributed by atoms with E-state index in [4.69, 9.17) is 11.6 Å². The van der Waals surface area contributed by atoms with Gasteiger partial charge in [-0.05, 0) is 43.5 Å². The van der Waals surface area contributed by atoms with Crippen molar-refractivity contribution in [3.05, 3.63) is 71.3 Å². The summed E-state index contributed by atoms with van der Waals surface area (Å²) in [6.45, 7) is 3.39. The second-order valence-electron chi connectivity index (χ2n) is 7.54. The van der Waals surface area contributed by atoms with E-state index in [1.165, 1.54) is 23.8 Å². The minimum absolute atomic E-state index is 0.0138. The first-order valence-corrected chi connectivity index (χ1v) is 10.3. The summed E-state index contributed by atoms with van der Waals surface area (Å²) < 4.78 is 13.3. The summed E-state index contributed by atoms with van der Waals surface area (Å²) in [6.07, 6.45) is 5.28. The van der Waals surface area contributed by atoms with Crippen LogP contribution in [0.25, 0.3) is 11.1 Å². The number of benzene rings is 2. The van der Waals surface area contributed by atoms with Crippen molar-refractivity contribution in [2.45, 2.75) is 19.8 Å². The number of carbonyl (C=O) groups is 1. The number of halogens is 2. The maximum Gasteiger partial charge on any atom is 0.229 e. The molecule has 0 aliphatic carbocycles. The van der Waals surface area contributed by atoms with Crippen molar-refractivity contribution < 1.29 is 9.18 Å². The Kier molecular flexibility index (Phi) is 5.95. The Labute approximate surface area is 179 Å². The van der Waals surface area contributed by atoms with Crippen LogP contribution >= 0.6 is 11.6 Å². The van der Waals surface area contributed by atoms with Crippen molar-refractivity contribution in [3.63, 3.8) is 0 Å². The van der Waals surface area contributed by atoms with E-state index >= 15 is 0 Å². The molecule has 4 rings (SSSR count). The average molecular weight is 425 g/mol. The number of anilines is 2. The lowest BCUT2D eigenvalue weighted by molar-refractivity contribution is -0.120. The minimum Gasteiger partial charge on any atom is -0.340 e. The van der Waals surface area contributed by atoms with E-state index in [1.807, 2.05) is 17.3 Å². The van der Waals surface area contributed by atoms with Crippen molar-refractivity contribution in [2.75, 3.05) is 23.3 Å². The summed E-state index contributed by atoms with van der Waals surface area (Å²) in [4.78, 5) is 23.8. The van der Waals surface area contributed by atoms with Gasteiger partial charge in [0.25, 0.3) is 0 Å². The Bertz CT molecular complexity index is 1040. The van der Waals surface area contributed by atoms with Gasteiger partial charge < -0.3 is 10.2 Å². The van der Waals surface area contributed by atoms with E-state index in [2.05, 4.69) is 46.5 Å². The molecule has 2 heterocycles. The summed E-state index contributed by atoms with van der Waals surface area (Å²) in [5.41, 5.74) is 3.72. The second kappa shape index (κ2) is 8.79. The molecule has 1 fully saturated rings. The number of nitrogens with one attached hydrogen (secondary N) is 1. The molecule has 1 N–H and O–H groups in total. The Morgan fingerprint density at radius 3 is 2.57 bits per heavy atom. The van der Waals surface area contributed by atoms with E-state index in [0.717, 1.165) is 30.5 Å². The molecule has 3 aromatic rings. The molecule has 7 heteroatoms. The monoisotopic (exact) mass is 424 g/mol. The molecule has 2 aromatic carbocycles. The van der Waals surface area contributed by atoms with Gasteiger partial charge in [-0.2, -0.15) is 0 Å². The van der Waals surface area contributed by atoms with Crippen LogP contribution in [0.2, 0.25) is 5.02 Å². The van der Waals surface area contributed by atoms with Crippen LogP contribution in [0.3, 0.4) is 0 Å². The summed E-state index contributed by atoms with van der Waals surface area (Å²) >= 11 is 5.80. The van der Waals surface area contributed by atoms with E-state index in [-0.39, 0.29) is 16.8 Å². The summed E-state index contributed by atoms with van der Waals surface area (Å²) in [5.74, 6) is -0.209. The molecule has 0 radical (unpaired) electrons. The number of aryl methyl sites for hydroxylation is 1. The van der Waals surface area contributed by atoms with Gasteiger partial charge in [0.2, 0.25) is 11.9 Å². The van der Waals surface area contributed by atoms with Crippen LogP contribution in [0.1, 0.15) is 18.4 Å². The maximum absolute atomic E-state index is 13.3. The first kappa shape index (κ1) is 20.3. The molecule has 1 unspecified atom stereocenters. The van der Waals surface area contributed by atoms with E-state index < -0.39 is 5.82 Å². The molecule has 1 aliphatic heterocycles. The van der Waals surface area contributed by atoms with Gasteiger partial charge in [-0.3, -0.25) is 4.79 Å². The predicted molar refractivity (Wildman–Crippen MR) is 117 cm³/mol. The topological polar surface area (TPSA) is 58.1 Å². The van der Waals surface area contributed by atoms with Crippen LogP contribution in [0.4, 0.5) is 16.0 Å². The van der Waals surface area contributed by atoms with Crippen LogP contribution in [0.15, 0.2) is 54.9 Å². The lowest BCUT2D eigenvalue weighted by Crippen LogP contribution is -2.41. The SMILES string of the molecule is Cc1ccc(-c2cnc(N3CCCC(C(=O)Nc4ccc(F)c(Cl)c4)C3)nc2)cc1. The Morgan fingerprint density at radius 2 is 1.87 bits per heavy atom. The van der Waals surface area contributed by atoms with Crippen LogP contribution in [-0.2, 0) is 4.79 Å². The van der Waals surface area contributed by atoms with Gasteiger partial charge in [0.05, 0.1) is 10.9 Å². The molecule has 1 saturated heterocycles. The summed E-state index contributed by atoms with van der Waals surface area (Å²) in [6, 6.07) is 12.4. The van der Waals surface area contributed by atoms with Gasteiger partial charge in [-0.15, -0.1) is 0 Å². The van der Waals surface area contributed by atoms with Gasteiger partial charge in [-0.1, -0.05) is 41.4 Å². The van der Waals surface area contributed by atoms with Gasteiger partial charge in [0, 0.05) is 36.7 Å². The number of carbonyl (C=O) groups excluding carboxylic acids is 1. The number of amides is 1. The second-order valence-corrected chi connectivity index (χ2v) is 7.95. The fourth-order valence-electron chi connectivity index (χ4n) is 3.57. The average Bonchev–Trinajstić information content (AvgIpc) is 2.77. The smallest absolute Gasteiger partial charge is 0.229 e. The van der Waals surface area contributed by atoms with E-state index in [0.29, 0.717) is 18.2 Å². The fourth-order valence-corrected chi connectivity index (χ4v) is 3.75. The molecular formula is C23H22ClFN4O. The van der Waals surface area contributed by atoms with Crippen LogP contribution in [0, 0.1) is 18.7 Å². The molecule has 0 saturated carbocycles. The van der Waals surface area contributed by atoms with Gasteiger partial charge in [-0.25, -0.2) is 14.4 Å². The Hall–Kier alpha value is -2.99. The molecule has 5 nitrogen and oxygen atoms in total. The quantitative estimate of drug-likeness (QED) is 0.633. The number of rotatable bonds is 4. The molecule has 1 atom stereocenters. The van der Waals surface area contributed by atoms with Gasteiger partial charge >= 0.3 is 0 Å². The normalized spacial score (nSPS) is 16.4. The summed E-state index contributed by atoms with van der Waals surface area (Å²) in [5, 5.41) is 2.82. The molecule has 154 valence electrons. The zero-order chi connectivity index (χ0) is 21.1. The zero-order valence-electron chi connectivity index (χ0n) is 16.6. The van der Waals surface area contributed by atoms with Crippen molar-refractivity contribution in [1.82, 2.24) is 9.97 Å². The Balaban J connectivity index is 1.42. The lowest BCUT2D eigenvalue weighted by atomic mass is 9.97. The van der Waals surface area contributed by atoms with Crippen LogP contribution in [0.5, 0.6) is 0 Å². The highest BCUT2D eigenvalue weighted by Crippen LogP contribution is 2.25. The molecular weight excluding hydrogens is 403 g/mol. The third-order valence-corrected chi connectivity index (χ3v) is 5.57. The number of aromatic nitrogens is 2. The van der Waals surface area contributed by atoms with Crippen molar-refractivity contribution >= 4 is 29.1 Å². The van der Waals surface area contributed by atoms with Crippen molar-refractivity contribution in [2.24, 2.45) is 5.92 Å². The highest BCUT2D eigenvalue weighted by Gasteiger charge is 2.27. The first-order valence-electron chi connectivity index (χ1n) is 9.89. The van der Waals surface area contributed by atoms with Crippen molar-refractivity contribution in [3.8, 4) is 11.1 Å². The third kappa shape index (κ3) is 4.60. The molecule has 0 spiro atoms. The molecule has 30 heavy (non-hydrogen) atoms. The highest BCUT2D eigenvalue weighted by atomic mass is 35.5. The van der Waals surface area contributed by atoms with Crippen LogP contribution < -0.4 is 10.2 Å². The zero-order valence-corrected chi connectivity index (χ0v) is 17.4. The lowest BCUT2D eigenvalue weighted by Gasteiger charge is -2.32. The highest BCUT2D eigenvalue weighted by molar-refractivity contribution is 6.31. The van der Waals surface area contributed by atoms with Crippen LogP contribution in [-0.4, -0.2) is 29.0 Å². The number of hydrogen-bond acceptors (Lipinski definition) is 4. The third-order valence-electron chi connectivity index (χ3n) is 5.29. The molecule has 0 bridgehead atoms. The largest absolute Gasteiger partial charge is 0.340 e. The van der Waals surface area contributed by atoms with Crippen molar-refractivity contribution in [1.29, 1.82) is 0 Å². The number of hydrogen-bond donors (Lipinski definition) is 1. The number of nitrogens with zero attached hydrogens (tertiary/aromatic N) is 3. The van der Waals surface area contributed by atoms with E-state index in [1.54, 1.807) is 0 Å². The predicted octanol–water partition coefficient (Wildman–Crippen LogP) is 5.10. The number of piperidine rings is 1. The standard InChI is InChI=1S/C23H22ClFN4O/c1-15-4-6-16(7-5-15)18-12-26-23(27-13-18)29-10-2-3-17(14-29)22(30)28-19-8-9-21(25)20(24)11-19/h4-9,11-13,17H,2-3,10,14H2,1H3,(H,28,30). The summed E-state index contributed by atoms with van der Waals surface area (Å²) in [7, 11) is 0. The first-order chi connectivity index (χ1) is 14.5. The molecule has 1 aliphatic rings. The molecule has 1 aromatic heterocycles. The molecule has 1 amide bonds. The van der Waals surface area contributed by atoms with E-state index in [9.17, 15) is 9.18 Å². The minimum atomic E-state index is -0.509. The Morgan fingerprint density at radius 1 is 1.13 bits per heavy atom.